The van der Waals surface area contributed by atoms with E-state index in [2.05, 4.69) is 16.9 Å². The molecular weight excluding hydrogens is 188 g/mol. The Morgan fingerprint density at radius 3 is 2.67 bits per heavy atom. The summed E-state index contributed by atoms with van der Waals surface area (Å²) in [6.07, 6.45) is 6.16. The Morgan fingerprint density at radius 1 is 1.53 bits per heavy atom. The minimum Gasteiger partial charge on any atom is -0.474 e. The highest BCUT2D eigenvalue weighted by Gasteiger charge is 2.29. The Balaban J connectivity index is 2.40. The van der Waals surface area contributed by atoms with E-state index in [4.69, 9.17) is 4.74 Å². The summed E-state index contributed by atoms with van der Waals surface area (Å²) in [4.78, 5) is 4.10. The number of ether oxygens (including phenoxy) is 1. The second-order valence-electron chi connectivity index (χ2n) is 3.85. The molecule has 1 fully saturated rings. The van der Waals surface area contributed by atoms with Crippen molar-refractivity contribution >= 4 is 5.90 Å². The van der Waals surface area contributed by atoms with Gasteiger partial charge in [0.1, 0.15) is 6.10 Å². The third kappa shape index (κ3) is 3.51. The molecule has 3 nitrogen and oxygen atoms in total. The largest absolute Gasteiger partial charge is 0.474 e. The maximum Gasteiger partial charge on any atom is 0.208 e. The van der Waals surface area contributed by atoms with Crippen LogP contribution < -0.4 is 5.32 Å². The van der Waals surface area contributed by atoms with Crippen LogP contribution in [0.3, 0.4) is 0 Å². The molecule has 0 radical (unpaired) electrons. The normalized spacial score (nSPS) is 27.1. The lowest BCUT2D eigenvalue weighted by Gasteiger charge is -2.34. The Bertz CT molecular complexity index is 275. The molecule has 0 heterocycles. The Morgan fingerprint density at radius 2 is 2.20 bits per heavy atom. The van der Waals surface area contributed by atoms with Crippen molar-refractivity contribution in [3.8, 4) is 0 Å². The zero-order valence-electron chi connectivity index (χ0n) is 9.79. The molecule has 3 heteroatoms. The fourth-order valence-electron chi connectivity index (χ4n) is 1.47. The predicted octanol–water partition coefficient (Wildman–Crippen LogP) is 1.91. The number of rotatable bonds is 4. The average Bonchev–Trinajstić information content (AvgIpc) is 2.20. The van der Waals surface area contributed by atoms with Crippen LogP contribution in [-0.4, -0.2) is 32.1 Å². The molecule has 0 unspecified atom stereocenters. The van der Waals surface area contributed by atoms with Crippen LogP contribution in [0.25, 0.3) is 0 Å². The summed E-state index contributed by atoms with van der Waals surface area (Å²) >= 11 is 0. The Kier molecular flexibility index (Phi) is 4.56. The van der Waals surface area contributed by atoms with Crippen LogP contribution in [0.4, 0.5) is 0 Å². The fourth-order valence-corrected chi connectivity index (χ4v) is 1.47. The summed E-state index contributed by atoms with van der Waals surface area (Å²) in [5.41, 5.74) is 1.07. The molecule has 1 aliphatic rings. The van der Waals surface area contributed by atoms with Crippen molar-refractivity contribution in [2.45, 2.75) is 31.9 Å². The molecular formula is C12H20N2O. The van der Waals surface area contributed by atoms with E-state index >= 15 is 0 Å². The van der Waals surface area contributed by atoms with Crippen molar-refractivity contribution < 1.29 is 4.74 Å². The molecule has 0 aromatic rings. The summed E-state index contributed by atoms with van der Waals surface area (Å²) in [6.45, 7) is 5.68. The van der Waals surface area contributed by atoms with Gasteiger partial charge in [-0.15, -0.1) is 0 Å². The maximum atomic E-state index is 5.73. The molecule has 0 aliphatic heterocycles. The van der Waals surface area contributed by atoms with Gasteiger partial charge in [0.2, 0.25) is 5.90 Å². The van der Waals surface area contributed by atoms with E-state index in [1.165, 1.54) is 0 Å². The quantitative estimate of drug-likeness (QED) is 0.435. The van der Waals surface area contributed by atoms with Gasteiger partial charge in [-0.1, -0.05) is 12.7 Å². The fraction of sp³-hybridized carbons (Fsp3) is 0.583. The third-order valence-corrected chi connectivity index (χ3v) is 2.68. The molecule has 0 atom stereocenters. The molecule has 15 heavy (non-hydrogen) atoms. The van der Waals surface area contributed by atoms with E-state index in [0.717, 1.165) is 18.4 Å². The van der Waals surface area contributed by atoms with Crippen LogP contribution in [0.1, 0.15) is 19.8 Å². The summed E-state index contributed by atoms with van der Waals surface area (Å²) in [7, 11) is 3.73. The van der Waals surface area contributed by atoms with Crippen LogP contribution >= 0.6 is 0 Å². The van der Waals surface area contributed by atoms with Gasteiger partial charge in [-0.05, 0) is 32.4 Å². The lowest BCUT2D eigenvalue weighted by molar-refractivity contribution is 0.0787. The molecule has 1 aliphatic carbocycles. The number of nitrogens with one attached hydrogen (secondary N) is 1. The van der Waals surface area contributed by atoms with Crippen molar-refractivity contribution in [3.05, 3.63) is 24.3 Å². The van der Waals surface area contributed by atoms with Gasteiger partial charge in [0.25, 0.3) is 0 Å². The van der Waals surface area contributed by atoms with Gasteiger partial charge in [-0.25, -0.2) is 0 Å². The van der Waals surface area contributed by atoms with E-state index in [9.17, 15) is 0 Å². The second kappa shape index (κ2) is 5.71. The van der Waals surface area contributed by atoms with Gasteiger partial charge in [0.15, 0.2) is 0 Å². The first-order valence-electron chi connectivity index (χ1n) is 5.31. The molecule has 1 rings (SSSR count). The summed E-state index contributed by atoms with van der Waals surface area (Å²) in [5.74, 6) is 0.701. The van der Waals surface area contributed by atoms with E-state index in [1.54, 1.807) is 13.1 Å². The number of allylic oxidation sites excluding steroid dienone is 2. The van der Waals surface area contributed by atoms with Gasteiger partial charge in [0.05, 0.1) is 0 Å². The van der Waals surface area contributed by atoms with E-state index < -0.39 is 0 Å². The molecule has 0 amide bonds. The maximum absolute atomic E-state index is 5.73. The summed E-state index contributed by atoms with van der Waals surface area (Å²) in [5, 5.41) is 3.22. The van der Waals surface area contributed by atoms with Crippen molar-refractivity contribution in [3.63, 3.8) is 0 Å². The molecule has 0 aromatic carbocycles. The van der Waals surface area contributed by atoms with Gasteiger partial charge < -0.3 is 10.1 Å². The minimum atomic E-state index is 0.315. The predicted molar refractivity (Wildman–Crippen MR) is 64.3 cm³/mol. The molecule has 0 bridgehead atoms. The number of hydrogen-bond acceptors (Lipinski definition) is 3. The first-order chi connectivity index (χ1) is 7.19. The molecule has 0 aromatic heterocycles. The first-order valence-corrected chi connectivity index (χ1v) is 5.31. The Hall–Kier alpha value is -1.09. The smallest absolute Gasteiger partial charge is 0.208 e. The van der Waals surface area contributed by atoms with Gasteiger partial charge >= 0.3 is 0 Å². The third-order valence-electron chi connectivity index (χ3n) is 2.68. The van der Waals surface area contributed by atoms with E-state index in [1.807, 2.05) is 20.0 Å². The highest BCUT2D eigenvalue weighted by atomic mass is 16.5. The first kappa shape index (κ1) is 12.0. The number of nitrogens with zero attached hydrogens (tertiary/aromatic N) is 1. The van der Waals surface area contributed by atoms with Crippen LogP contribution in [-0.2, 0) is 4.74 Å². The highest BCUT2D eigenvalue weighted by Crippen LogP contribution is 2.23. The van der Waals surface area contributed by atoms with Crippen molar-refractivity contribution in [1.29, 1.82) is 0 Å². The number of aliphatic imine (C=N–C) groups is 1. The number of hydrogen-bond donors (Lipinski definition) is 1. The van der Waals surface area contributed by atoms with Gasteiger partial charge in [-0.2, -0.15) is 0 Å². The minimum absolute atomic E-state index is 0.315. The summed E-state index contributed by atoms with van der Waals surface area (Å²) < 4.78 is 5.73. The molecule has 0 spiro atoms. The van der Waals surface area contributed by atoms with Crippen LogP contribution in [0.2, 0.25) is 0 Å². The van der Waals surface area contributed by atoms with Crippen LogP contribution in [0.15, 0.2) is 29.3 Å². The van der Waals surface area contributed by atoms with Crippen molar-refractivity contribution in [2.75, 3.05) is 14.1 Å². The summed E-state index contributed by atoms with van der Waals surface area (Å²) in [6, 6.07) is 0.609. The standard InChI is InChI=1S/C12H20N2O/c1-5-9(2)6-12(14-4)15-11-7-10(8-11)13-3/h5-6,10-11,13H,1,7-8H2,2-4H3/b9-6-,14-12?. The Labute approximate surface area is 91.9 Å². The lowest BCUT2D eigenvalue weighted by Crippen LogP contribution is -2.44. The van der Waals surface area contributed by atoms with E-state index in [0.29, 0.717) is 18.0 Å². The zero-order chi connectivity index (χ0) is 11.3. The molecule has 84 valence electrons. The van der Waals surface area contributed by atoms with Crippen molar-refractivity contribution in [2.24, 2.45) is 4.99 Å². The van der Waals surface area contributed by atoms with Gasteiger partial charge in [0, 0.05) is 19.2 Å². The topological polar surface area (TPSA) is 33.6 Å². The van der Waals surface area contributed by atoms with Gasteiger partial charge in [-0.3, -0.25) is 4.99 Å². The second-order valence-corrected chi connectivity index (χ2v) is 3.85. The monoisotopic (exact) mass is 208 g/mol. The van der Waals surface area contributed by atoms with Crippen LogP contribution in [0, 0.1) is 0 Å². The molecule has 0 saturated heterocycles. The molecule has 1 N–H and O–H groups in total. The molecule has 1 saturated carbocycles. The SMILES string of the molecule is C=C/C(C)=C\C(=NC)OC1CC(NC)C1. The zero-order valence-corrected chi connectivity index (χ0v) is 9.79. The van der Waals surface area contributed by atoms with Crippen LogP contribution in [0.5, 0.6) is 0 Å². The average molecular weight is 208 g/mol. The van der Waals surface area contributed by atoms with Crippen molar-refractivity contribution in [1.82, 2.24) is 5.32 Å². The van der Waals surface area contributed by atoms with E-state index in [-0.39, 0.29) is 0 Å². The highest BCUT2D eigenvalue weighted by molar-refractivity contribution is 5.88. The lowest BCUT2D eigenvalue weighted by atomic mass is 9.89.